The number of hydrogen-bond acceptors (Lipinski definition) is 5. The third kappa shape index (κ3) is 5.70. The molecular weight excluding hydrogens is 406 g/mol. The van der Waals surface area contributed by atoms with E-state index in [1.54, 1.807) is 18.2 Å². The van der Waals surface area contributed by atoms with Gasteiger partial charge in [0.05, 0.1) is 14.3 Å². The smallest absolute Gasteiger partial charge is 0.242 e. The van der Waals surface area contributed by atoms with Gasteiger partial charge in [-0.2, -0.15) is 4.98 Å². The molecule has 0 saturated heterocycles. The summed E-state index contributed by atoms with van der Waals surface area (Å²) in [5, 5.41) is 0.304. The maximum absolute atomic E-state index is 6.08. The summed E-state index contributed by atoms with van der Waals surface area (Å²) in [6.07, 6.45) is 1.39. The molecule has 3 aromatic rings. The second kappa shape index (κ2) is 9.23. The second-order valence-electron chi connectivity index (χ2n) is 5.68. The average molecular weight is 423 g/mol. The van der Waals surface area contributed by atoms with E-state index in [9.17, 15) is 0 Å². The van der Waals surface area contributed by atoms with E-state index in [0.717, 1.165) is 5.56 Å². The van der Waals surface area contributed by atoms with Crippen LogP contribution < -0.4 is 14.0 Å². The zero-order valence-corrected chi connectivity index (χ0v) is 17.1. The van der Waals surface area contributed by atoms with Crippen molar-refractivity contribution in [2.24, 2.45) is 0 Å². The summed E-state index contributed by atoms with van der Waals surface area (Å²) in [4.78, 5) is 7.82. The van der Waals surface area contributed by atoms with Gasteiger partial charge in [0, 0.05) is 6.07 Å². The zero-order valence-electron chi connectivity index (χ0n) is 14.7. The highest BCUT2D eigenvalue weighted by Crippen LogP contribution is 2.41. The van der Waals surface area contributed by atoms with Gasteiger partial charge in [-0.15, -0.1) is 0 Å². The maximum Gasteiger partial charge on any atom is 0.242 e. The molecule has 1 aromatic heterocycles. The van der Waals surface area contributed by atoms with Gasteiger partial charge >= 0.3 is 0 Å². The van der Waals surface area contributed by atoms with Crippen molar-refractivity contribution in [2.45, 2.75) is 6.61 Å². The van der Waals surface area contributed by atoms with Crippen LogP contribution in [0.5, 0.6) is 23.1 Å². The molecule has 140 valence electrons. The van der Waals surface area contributed by atoms with Crippen molar-refractivity contribution in [3.63, 3.8) is 0 Å². The molecule has 0 unspecified atom stereocenters. The van der Waals surface area contributed by atoms with Crippen LogP contribution in [0.4, 0.5) is 0 Å². The summed E-state index contributed by atoms with van der Waals surface area (Å²) in [7, 11) is -0.674. The van der Waals surface area contributed by atoms with Gasteiger partial charge in [-0.3, -0.25) is 0 Å². The molecule has 0 spiro atoms. The largest absolute Gasteiger partial charge is 0.489 e. The van der Waals surface area contributed by atoms with Crippen molar-refractivity contribution >= 4 is 31.4 Å². The molecule has 0 N–H and O–H groups in total. The fraction of sp³-hybridized carbons (Fsp3) is 0.158. The Balaban J connectivity index is 1.82. The summed E-state index contributed by atoms with van der Waals surface area (Å²) in [5.41, 5.74) is 1.08. The van der Waals surface area contributed by atoms with Gasteiger partial charge in [0.15, 0.2) is 11.5 Å². The van der Waals surface area contributed by atoms with E-state index in [1.165, 1.54) is 6.20 Å². The lowest BCUT2D eigenvalue weighted by atomic mass is 10.2. The van der Waals surface area contributed by atoms with Crippen molar-refractivity contribution in [1.82, 2.24) is 9.97 Å². The van der Waals surface area contributed by atoms with Crippen LogP contribution in [0.2, 0.25) is 10.3 Å². The molecule has 3 rings (SSSR count). The van der Waals surface area contributed by atoms with E-state index in [0.29, 0.717) is 23.9 Å². The molecule has 0 bridgehead atoms. The van der Waals surface area contributed by atoms with E-state index in [-0.39, 0.29) is 16.2 Å². The number of ether oxygens (including phenoxy) is 2. The number of hydrogen-bond donors (Lipinski definition) is 0. The fourth-order valence-electron chi connectivity index (χ4n) is 2.18. The maximum atomic E-state index is 6.08. The molecule has 27 heavy (non-hydrogen) atoms. The zero-order chi connectivity index (χ0) is 19.2. The Hall–Kier alpha value is -2.07. The highest BCUT2D eigenvalue weighted by Gasteiger charge is 2.14. The lowest BCUT2D eigenvalue weighted by Crippen LogP contribution is -1.97. The van der Waals surface area contributed by atoms with E-state index < -0.39 is 8.15 Å². The predicted molar refractivity (Wildman–Crippen MR) is 109 cm³/mol. The van der Waals surface area contributed by atoms with Crippen LogP contribution in [0, 0.1) is 0 Å². The molecule has 0 amide bonds. The Morgan fingerprint density at radius 1 is 1.00 bits per heavy atom. The van der Waals surface area contributed by atoms with Gasteiger partial charge in [0.2, 0.25) is 11.2 Å². The van der Waals surface area contributed by atoms with Crippen LogP contribution in [0.15, 0.2) is 54.7 Å². The van der Waals surface area contributed by atoms with E-state index in [2.05, 4.69) is 9.97 Å². The second-order valence-corrected chi connectivity index (χ2v) is 8.23. The van der Waals surface area contributed by atoms with Crippen LogP contribution >= 0.6 is 31.4 Å². The molecule has 0 aliphatic heterocycles. The molecule has 0 radical (unpaired) electrons. The summed E-state index contributed by atoms with van der Waals surface area (Å²) in [6.45, 7) is 4.44. The van der Waals surface area contributed by atoms with E-state index in [1.807, 2.05) is 43.7 Å². The van der Waals surface area contributed by atoms with Crippen molar-refractivity contribution in [2.75, 3.05) is 13.3 Å². The molecule has 8 heteroatoms. The van der Waals surface area contributed by atoms with Gasteiger partial charge < -0.3 is 14.0 Å². The first-order valence-electron chi connectivity index (χ1n) is 8.03. The van der Waals surface area contributed by atoms with Gasteiger partial charge in [-0.25, -0.2) is 4.98 Å². The third-order valence-electron chi connectivity index (χ3n) is 3.33. The first-order valence-corrected chi connectivity index (χ1v) is 10.9. The standard InChI is InChI=1S/C19H17Cl2N2O3P/c1-27(2)26-17-10-14(24-12-13-6-4-3-5-7-13)8-9-16(17)25-18-15(20)11-22-19(21)23-18/h3-11H,12H2,1-2H3. The summed E-state index contributed by atoms with van der Waals surface area (Å²) in [6, 6.07) is 15.3. The lowest BCUT2D eigenvalue weighted by molar-refractivity contribution is 0.304. The van der Waals surface area contributed by atoms with Crippen molar-refractivity contribution in [3.05, 3.63) is 70.6 Å². The van der Waals surface area contributed by atoms with Crippen molar-refractivity contribution in [1.29, 1.82) is 0 Å². The number of aromatic nitrogens is 2. The number of rotatable bonds is 7. The Labute approximate surface area is 169 Å². The molecule has 0 aliphatic rings. The first-order chi connectivity index (χ1) is 13.0. The SMILES string of the molecule is CP(C)Oc1cc(OCc2ccccc2)ccc1Oc1nc(Cl)ncc1Cl. The predicted octanol–water partition coefficient (Wildman–Crippen LogP) is 6.19. The van der Waals surface area contributed by atoms with Crippen LogP contribution in [0.3, 0.4) is 0 Å². The lowest BCUT2D eigenvalue weighted by Gasteiger charge is -2.16. The minimum Gasteiger partial charge on any atom is -0.489 e. The molecular formula is C19H17Cl2N2O3P. The van der Waals surface area contributed by atoms with Gasteiger partial charge in [-0.05, 0) is 42.6 Å². The summed E-state index contributed by atoms with van der Waals surface area (Å²) in [5.74, 6) is 1.85. The number of halogens is 2. The fourth-order valence-corrected chi connectivity index (χ4v) is 2.97. The monoisotopic (exact) mass is 422 g/mol. The van der Waals surface area contributed by atoms with Crippen LogP contribution in [-0.4, -0.2) is 23.3 Å². The molecule has 0 aliphatic carbocycles. The normalized spacial score (nSPS) is 10.7. The number of benzene rings is 2. The van der Waals surface area contributed by atoms with Crippen molar-refractivity contribution < 1.29 is 14.0 Å². The van der Waals surface area contributed by atoms with Gasteiger partial charge in [0.25, 0.3) is 0 Å². The molecule has 0 fully saturated rings. The molecule has 0 saturated carbocycles. The average Bonchev–Trinajstić information content (AvgIpc) is 2.65. The summed E-state index contributed by atoms with van der Waals surface area (Å²) < 4.78 is 17.6. The summed E-state index contributed by atoms with van der Waals surface area (Å²) >= 11 is 11.9. The Morgan fingerprint density at radius 2 is 1.78 bits per heavy atom. The molecule has 0 atom stereocenters. The Bertz CT molecular complexity index is 911. The van der Waals surface area contributed by atoms with Crippen LogP contribution in [0.25, 0.3) is 0 Å². The first kappa shape index (κ1) is 19.7. The quantitative estimate of drug-likeness (QED) is 0.335. The number of nitrogens with zero attached hydrogens (tertiary/aromatic N) is 2. The van der Waals surface area contributed by atoms with Gasteiger partial charge in [0.1, 0.15) is 17.4 Å². The highest BCUT2D eigenvalue weighted by molar-refractivity contribution is 7.51. The van der Waals surface area contributed by atoms with Gasteiger partial charge in [-0.1, -0.05) is 41.9 Å². The Kier molecular flexibility index (Phi) is 6.73. The van der Waals surface area contributed by atoms with Crippen LogP contribution in [0.1, 0.15) is 5.56 Å². The minimum atomic E-state index is -0.674. The minimum absolute atomic E-state index is 0.0490. The third-order valence-corrected chi connectivity index (χ3v) is 4.34. The molecule has 5 nitrogen and oxygen atoms in total. The van der Waals surface area contributed by atoms with Crippen LogP contribution in [-0.2, 0) is 6.61 Å². The highest BCUT2D eigenvalue weighted by atomic mass is 35.5. The molecule has 2 aromatic carbocycles. The van der Waals surface area contributed by atoms with E-state index >= 15 is 0 Å². The Morgan fingerprint density at radius 3 is 2.52 bits per heavy atom. The van der Waals surface area contributed by atoms with Crippen molar-refractivity contribution in [3.8, 4) is 23.1 Å². The van der Waals surface area contributed by atoms with E-state index in [4.69, 9.17) is 37.2 Å². The topological polar surface area (TPSA) is 53.5 Å². The molecule has 1 heterocycles.